The van der Waals surface area contributed by atoms with Crippen molar-refractivity contribution >= 4 is 0 Å². The van der Waals surface area contributed by atoms with E-state index in [0.717, 1.165) is 28.1 Å². The van der Waals surface area contributed by atoms with E-state index in [1.54, 1.807) is 0 Å². The third kappa shape index (κ3) is 3.70. The van der Waals surface area contributed by atoms with Crippen LogP contribution in [-0.4, -0.2) is 9.78 Å². The lowest BCUT2D eigenvalue weighted by Crippen LogP contribution is -2.10. The molecule has 0 N–H and O–H groups in total. The Morgan fingerprint density at radius 3 is 2.43 bits per heavy atom. The summed E-state index contributed by atoms with van der Waals surface area (Å²) in [5.74, 6) is 0. The number of hydrogen-bond acceptors (Lipinski definition) is 1. The first kappa shape index (κ1) is 13.1. The molecule has 0 amide bonds. The minimum absolute atomic E-state index is 0.464. The van der Waals surface area contributed by atoms with Crippen LogP contribution in [0.1, 0.15) is 34.6 Å². The molecule has 2 aromatic carbocycles. The SMILES string of the molecule is [2H]C([2H])(c1ccc(-c2ccn(-c3ccccc3)n2)cc1C)C(C)(C)C. The Labute approximate surface area is 141 Å². The number of nitrogens with zero attached hydrogens (tertiary/aromatic N) is 2. The fraction of sp³-hybridized carbons (Fsp3) is 0.286. The number of rotatable bonds is 3. The third-order valence-electron chi connectivity index (χ3n) is 3.64. The fourth-order valence-corrected chi connectivity index (χ4v) is 2.57. The lowest BCUT2D eigenvalue weighted by atomic mass is 9.86. The first-order valence-corrected chi connectivity index (χ1v) is 7.93. The number of hydrogen-bond donors (Lipinski definition) is 0. The molecule has 0 saturated heterocycles. The molecule has 2 heteroatoms. The van der Waals surface area contributed by atoms with Crippen molar-refractivity contribution < 1.29 is 2.74 Å². The summed E-state index contributed by atoms with van der Waals surface area (Å²) in [4.78, 5) is 0. The highest BCUT2D eigenvalue weighted by atomic mass is 15.3. The second-order valence-corrected chi connectivity index (χ2v) is 6.89. The third-order valence-corrected chi connectivity index (χ3v) is 3.64. The van der Waals surface area contributed by atoms with Crippen LogP contribution < -0.4 is 0 Å². The van der Waals surface area contributed by atoms with Gasteiger partial charge in [-0.2, -0.15) is 5.10 Å². The molecule has 3 aromatic rings. The van der Waals surface area contributed by atoms with Crippen molar-refractivity contribution in [1.29, 1.82) is 0 Å². The molecule has 0 bridgehead atoms. The molecule has 0 saturated carbocycles. The van der Waals surface area contributed by atoms with E-state index in [9.17, 15) is 0 Å². The van der Waals surface area contributed by atoms with Gasteiger partial charge in [0.25, 0.3) is 0 Å². The molecule has 0 unspecified atom stereocenters. The van der Waals surface area contributed by atoms with Gasteiger partial charge in [0.2, 0.25) is 0 Å². The van der Waals surface area contributed by atoms with E-state index in [4.69, 9.17) is 2.74 Å². The highest BCUT2D eigenvalue weighted by Gasteiger charge is 2.13. The first-order chi connectivity index (χ1) is 11.7. The van der Waals surface area contributed by atoms with Crippen LogP contribution in [0.3, 0.4) is 0 Å². The predicted octanol–water partition coefficient (Wildman–Crippen LogP) is 5.44. The summed E-state index contributed by atoms with van der Waals surface area (Å²) < 4.78 is 18.9. The van der Waals surface area contributed by atoms with Crippen LogP contribution in [0.4, 0.5) is 0 Å². The Morgan fingerprint density at radius 1 is 1.04 bits per heavy atom. The van der Waals surface area contributed by atoms with Gasteiger partial charge in [-0.05, 0) is 54.1 Å². The average Bonchev–Trinajstić information content (AvgIpc) is 3.04. The van der Waals surface area contributed by atoms with Gasteiger partial charge in [-0.15, -0.1) is 0 Å². The summed E-state index contributed by atoms with van der Waals surface area (Å²) >= 11 is 0. The highest BCUT2D eigenvalue weighted by molar-refractivity contribution is 5.61. The lowest BCUT2D eigenvalue weighted by Gasteiger charge is -2.19. The van der Waals surface area contributed by atoms with Gasteiger partial charge in [0.05, 0.1) is 11.4 Å². The number of para-hydroxylation sites is 1. The maximum Gasteiger partial charge on any atom is 0.0927 e. The van der Waals surface area contributed by atoms with Crippen molar-refractivity contribution in [1.82, 2.24) is 9.78 Å². The summed E-state index contributed by atoms with van der Waals surface area (Å²) in [6, 6.07) is 17.9. The largest absolute Gasteiger partial charge is 0.240 e. The second-order valence-electron chi connectivity index (χ2n) is 6.89. The van der Waals surface area contributed by atoms with Crippen LogP contribution in [0.15, 0.2) is 60.8 Å². The maximum absolute atomic E-state index is 8.50. The molecule has 1 aromatic heterocycles. The van der Waals surface area contributed by atoms with Crippen LogP contribution in [-0.2, 0) is 6.37 Å². The molecule has 0 radical (unpaired) electrons. The Balaban J connectivity index is 1.96. The maximum atomic E-state index is 8.50. The molecule has 23 heavy (non-hydrogen) atoms. The molecular formula is C21H24N2. The fourth-order valence-electron chi connectivity index (χ4n) is 2.57. The molecular weight excluding hydrogens is 280 g/mol. The van der Waals surface area contributed by atoms with Crippen molar-refractivity contribution in [2.75, 3.05) is 0 Å². The van der Waals surface area contributed by atoms with Crippen LogP contribution in [0, 0.1) is 12.3 Å². The first-order valence-electron chi connectivity index (χ1n) is 8.93. The Morgan fingerprint density at radius 2 is 1.78 bits per heavy atom. The van der Waals surface area contributed by atoms with E-state index in [1.807, 2.05) is 93.2 Å². The summed E-state index contributed by atoms with van der Waals surface area (Å²) in [5, 5.41) is 4.66. The van der Waals surface area contributed by atoms with Crippen molar-refractivity contribution in [3.8, 4) is 16.9 Å². The van der Waals surface area contributed by atoms with E-state index in [2.05, 4.69) is 5.10 Å². The van der Waals surface area contributed by atoms with E-state index >= 15 is 0 Å². The zero-order valence-electron chi connectivity index (χ0n) is 16.2. The molecule has 2 nitrogen and oxygen atoms in total. The van der Waals surface area contributed by atoms with Gasteiger partial charge in [-0.1, -0.05) is 51.1 Å². The Bertz CT molecular complexity index is 874. The zero-order valence-corrected chi connectivity index (χ0v) is 14.2. The average molecular weight is 306 g/mol. The zero-order chi connectivity index (χ0) is 18.2. The highest BCUT2D eigenvalue weighted by Crippen LogP contribution is 2.26. The van der Waals surface area contributed by atoms with Crippen LogP contribution in [0.5, 0.6) is 0 Å². The topological polar surface area (TPSA) is 17.8 Å². The van der Waals surface area contributed by atoms with E-state index in [0.29, 0.717) is 0 Å². The van der Waals surface area contributed by atoms with Gasteiger partial charge >= 0.3 is 0 Å². The lowest BCUT2D eigenvalue weighted by molar-refractivity contribution is 0.410. The van der Waals surface area contributed by atoms with Crippen molar-refractivity contribution in [3.05, 3.63) is 71.9 Å². The molecule has 0 spiro atoms. The second kappa shape index (κ2) is 6.04. The predicted molar refractivity (Wildman–Crippen MR) is 96.9 cm³/mol. The molecule has 0 fully saturated rings. The summed E-state index contributed by atoms with van der Waals surface area (Å²) in [7, 11) is 0. The van der Waals surface area contributed by atoms with E-state index < -0.39 is 11.8 Å². The summed E-state index contributed by atoms with van der Waals surface area (Å²) in [6.45, 7) is 7.77. The van der Waals surface area contributed by atoms with Gasteiger partial charge in [-0.3, -0.25) is 0 Å². The number of benzene rings is 2. The molecule has 0 atom stereocenters. The summed E-state index contributed by atoms with van der Waals surface area (Å²) in [6.07, 6.45) is 0.557. The minimum Gasteiger partial charge on any atom is -0.240 e. The molecule has 0 aliphatic carbocycles. The van der Waals surface area contributed by atoms with Gasteiger partial charge in [-0.25, -0.2) is 4.68 Å². The number of aryl methyl sites for hydroxylation is 1. The van der Waals surface area contributed by atoms with Gasteiger partial charge in [0.1, 0.15) is 0 Å². The van der Waals surface area contributed by atoms with Crippen LogP contribution in [0.25, 0.3) is 16.9 Å². The van der Waals surface area contributed by atoms with Crippen molar-refractivity contribution in [2.24, 2.45) is 5.41 Å². The molecule has 3 rings (SSSR count). The van der Waals surface area contributed by atoms with Gasteiger partial charge in [0.15, 0.2) is 0 Å². The quantitative estimate of drug-likeness (QED) is 0.630. The molecule has 118 valence electrons. The molecule has 0 aliphatic heterocycles. The smallest absolute Gasteiger partial charge is 0.0927 e. The standard InChI is InChI=1S/C21H24N2/c1-16-14-17(10-11-18(16)15-21(2,3)4)20-12-13-23(22-20)19-8-6-5-7-9-19/h5-14H,15H2,1-4H3/i15D2. The van der Waals surface area contributed by atoms with Crippen LogP contribution in [0.2, 0.25) is 0 Å². The monoisotopic (exact) mass is 306 g/mol. The van der Waals surface area contributed by atoms with Crippen molar-refractivity contribution in [3.63, 3.8) is 0 Å². The van der Waals surface area contributed by atoms with Crippen LogP contribution >= 0.6 is 0 Å². The minimum atomic E-state index is -1.39. The number of aromatic nitrogens is 2. The normalized spacial score (nSPS) is 13.6. The molecule has 0 aliphatic rings. The van der Waals surface area contributed by atoms with E-state index in [-0.39, 0.29) is 0 Å². The van der Waals surface area contributed by atoms with Crippen molar-refractivity contribution in [2.45, 2.75) is 34.1 Å². The summed E-state index contributed by atoms with van der Waals surface area (Å²) in [5.41, 5.74) is 4.13. The van der Waals surface area contributed by atoms with Gasteiger partial charge in [0, 0.05) is 14.5 Å². The van der Waals surface area contributed by atoms with Gasteiger partial charge < -0.3 is 0 Å². The van der Waals surface area contributed by atoms with E-state index in [1.165, 1.54) is 0 Å². The Kier molecular flexibility index (Phi) is 3.44. The Hall–Kier alpha value is -2.35. The molecule has 1 heterocycles.